The highest BCUT2D eigenvalue weighted by Crippen LogP contribution is 2.10. The summed E-state index contributed by atoms with van der Waals surface area (Å²) in [6, 6.07) is 7.65. The Morgan fingerprint density at radius 3 is 2.60 bits per heavy atom. The molecule has 1 rings (SSSR count). The molecular weight excluding hydrogens is 139 g/mol. The zero-order chi connectivity index (χ0) is 7.40. The number of hydrogen-bond acceptors (Lipinski definition) is 2. The number of para-hydroxylation sites is 1. The van der Waals surface area contributed by atoms with Gasteiger partial charge in [-0.3, -0.25) is 0 Å². The number of rotatable bonds is 2. The molecule has 0 saturated heterocycles. The third-order valence-corrected chi connectivity index (χ3v) is 1.58. The molecule has 1 aromatic carbocycles. The van der Waals surface area contributed by atoms with Gasteiger partial charge < -0.3 is 9.71 Å². The Morgan fingerprint density at radius 1 is 1.40 bits per heavy atom. The summed E-state index contributed by atoms with van der Waals surface area (Å²) < 4.78 is 2.91. The van der Waals surface area contributed by atoms with Crippen molar-refractivity contribution in [2.75, 3.05) is 4.30 Å². The van der Waals surface area contributed by atoms with E-state index in [0.717, 1.165) is 11.3 Å². The Bertz CT molecular complexity index is 235. The second-order valence-electron chi connectivity index (χ2n) is 1.88. The smallest absolute Gasteiger partial charge is 0.305 e. The van der Waals surface area contributed by atoms with E-state index in [1.165, 1.54) is 6.21 Å². The van der Waals surface area contributed by atoms with Crippen LogP contribution >= 0.6 is 0 Å². The molecule has 0 amide bonds. The van der Waals surface area contributed by atoms with Crippen molar-refractivity contribution < 1.29 is 0 Å². The van der Waals surface area contributed by atoms with Crippen molar-refractivity contribution in [3.05, 3.63) is 29.8 Å². The van der Waals surface area contributed by atoms with Gasteiger partial charge in [0, 0.05) is 17.5 Å². The van der Waals surface area contributed by atoms with E-state index >= 15 is 0 Å². The van der Waals surface area contributed by atoms with Crippen LogP contribution in [-0.4, -0.2) is 22.7 Å². The van der Waals surface area contributed by atoms with E-state index < -0.39 is 0 Å². The topological polar surface area (TPSA) is 35.9 Å². The maximum absolute atomic E-state index is 7.01. The second kappa shape index (κ2) is 3.41. The van der Waals surface area contributed by atoms with Crippen molar-refractivity contribution in [2.24, 2.45) is 0 Å². The van der Waals surface area contributed by atoms with Gasteiger partial charge in [0.25, 0.3) is 0 Å². The largest absolute Gasteiger partial charge is 0.491 e. The van der Waals surface area contributed by atoms with E-state index in [1.54, 1.807) is 0 Å². The van der Waals surface area contributed by atoms with E-state index in [9.17, 15) is 0 Å². The van der Waals surface area contributed by atoms with Crippen LogP contribution in [0.3, 0.4) is 0 Å². The van der Waals surface area contributed by atoms with E-state index in [-0.39, 0.29) is 0 Å². The highest BCUT2D eigenvalue weighted by atomic mass is 27.1. The molecule has 0 unspecified atom stereocenters. The van der Waals surface area contributed by atoms with Crippen molar-refractivity contribution in [1.29, 1.82) is 5.41 Å². The monoisotopic (exact) mass is 146 g/mol. The van der Waals surface area contributed by atoms with Gasteiger partial charge in [-0.05, 0) is 6.07 Å². The van der Waals surface area contributed by atoms with Gasteiger partial charge in [0.2, 0.25) is 0 Å². The molecule has 10 heavy (non-hydrogen) atoms. The Morgan fingerprint density at radius 2 is 2.10 bits per heavy atom. The number of anilines is 1. The van der Waals surface area contributed by atoms with Crippen molar-refractivity contribution in [2.45, 2.75) is 0 Å². The quantitative estimate of drug-likeness (QED) is 0.477. The molecule has 0 aromatic heterocycles. The summed E-state index contributed by atoms with van der Waals surface area (Å²) in [7, 11) is 0. The average Bonchev–Trinajstić information content (AvgIpc) is 2.04. The molecule has 0 bridgehead atoms. The lowest BCUT2D eigenvalue weighted by Gasteiger charge is -2.03. The van der Waals surface area contributed by atoms with Gasteiger partial charge >= 0.3 is 16.5 Å². The lowest BCUT2D eigenvalue weighted by Crippen LogP contribution is -1.94. The molecular formula is C7H7AlN2. The zero-order valence-electron chi connectivity index (χ0n) is 5.46. The van der Waals surface area contributed by atoms with E-state index in [1.807, 2.05) is 24.3 Å². The zero-order valence-corrected chi connectivity index (χ0v) is 6.62. The van der Waals surface area contributed by atoms with Gasteiger partial charge in [-0.1, -0.05) is 18.2 Å². The minimum absolute atomic E-state index is 0.900. The van der Waals surface area contributed by atoms with Crippen molar-refractivity contribution >= 4 is 28.4 Å². The first-order chi connectivity index (χ1) is 4.88. The molecule has 0 fully saturated rings. The van der Waals surface area contributed by atoms with E-state index in [2.05, 4.69) is 20.8 Å². The summed E-state index contributed by atoms with van der Waals surface area (Å²) in [6.07, 6.45) is 1.33. The van der Waals surface area contributed by atoms with Crippen molar-refractivity contribution in [1.82, 2.24) is 0 Å². The minimum atomic E-state index is 0.900. The number of nitrogens with one attached hydrogen (secondary N) is 2. The molecule has 0 aliphatic rings. The third kappa shape index (κ3) is 1.38. The highest BCUT2D eigenvalue weighted by Gasteiger charge is 1.91. The first-order valence-electron chi connectivity index (χ1n) is 2.94. The Balaban J connectivity index is 3.08. The van der Waals surface area contributed by atoms with Gasteiger partial charge in [-0.25, -0.2) is 0 Å². The fourth-order valence-electron chi connectivity index (χ4n) is 0.754. The highest BCUT2D eigenvalue weighted by molar-refractivity contribution is 6.17. The Kier molecular flexibility index (Phi) is 2.50. The number of benzene rings is 1. The maximum Gasteiger partial charge on any atom is 0.305 e. The van der Waals surface area contributed by atoms with Crippen molar-refractivity contribution in [3.8, 4) is 0 Å². The van der Waals surface area contributed by atoms with Crippen LogP contribution in [0.2, 0.25) is 0 Å². The summed E-state index contributed by atoms with van der Waals surface area (Å²) in [4.78, 5) is 0. The van der Waals surface area contributed by atoms with E-state index in [4.69, 9.17) is 5.41 Å². The van der Waals surface area contributed by atoms with Crippen LogP contribution in [0.5, 0.6) is 0 Å². The molecule has 0 spiro atoms. The molecule has 2 radical (unpaired) electrons. The van der Waals surface area contributed by atoms with Crippen LogP contribution in [0.4, 0.5) is 5.69 Å². The summed E-state index contributed by atoms with van der Waals surface area (Å²) in [5, 5.41) is 7.01. The molecule has 48 valence electrons. The molecule has 0 heterocycles. The molecule has 2 N–H and O–H groups in total. The van der Waals surface area contributed by atoms with E-state index in [0.29, 0.717) is 0 Å². The first kappa shape index (κ1) is 7.33. The molecule has 1 aromatic rings. The number of hydrogen-bond donors (Lipinski definition) is 2. The Labute approximate surface area is 68.4 Å². The van der Waals surface area contributed by atoms with Crippen LogP contribution in [0.25, 0.3) is 0 Å². The summed E-state index contributed by atoms with van der Waals surface area (Å²) in [6.45, 7) is 0. The van der Waals surface area contributed by atoms with Crippen LogP contribution in [0, 0.1) is 5.41 Å². The predicted molar refractivity (Wildman–Crippen MR) is 43.7 cm³/mol. The molecule has 0 aliphatic carbocycles. The lowest BCUT2D eigenvalue weighted by atomic mass is 10.2. The molecule has 0 saturated carbocycles. The average molecular weight is 146 g/mol. The summed E-state index contributed by atoms with van der Waals surface area (Å²) in [5.41, 5.74) is 1.86. The van der Waals surface area contributed by atoms with Gasteiger partial charge in [-0.15, -0.1) is 0 Å². The van der Waals surface area contributed by atoms with Crippen molar-refractivity contribution in [3.63, 3.8) is 0 Å². The molecule has 2 nitrogen and oxygen atoms in total. The maximum atomic E-state index is 7.01. The second-order valence-corrected chi connectivity index (χ2v) is 2.16. The van der Waals surface area contributed by atoms with Gasteiger partial charge in [-0.2, -0.15) is 0 Å². The molecule has 3 heteroatoms. The van der Waals surface area contributed by atoms with Gasteiger partial charge in [0.15, 0.2) is 0 Å². The SMILES string of the molecule is N=Cc1ccccc1[NH][Al]. The minimum Gasteiger partial charge on any atom is -0.491 e. The summed E-state index contributed by atoms with van der Waals surface area (Å²) in [5.74, 6) is 0. The van der Waals surface area contributed by atoms with Gasteiger partial charge in [0.05, 0.1) is 0 Å². The van der Waals surface area contributed by atoms with Crippen LogP contribution in [-0.2, 0) is 0 Å². The third-order valence-electron chi connectivity index (χ3n) is 1.27. The lowest BCUT2D eigenvalue weighted by molar-refractivity contribution is 1.53. The molecule has 0 aliphatic heterocycles. The van der Waals surface area contributed by atoms with Crippen LogP contribution < -0.4 is 4.30 Å². The standard InChI is InChI=1S/C7H7N2.Al/c8-5-6-3-1-2-4-7(6)9;/h1-5,8-9H;/q-1;+1. The normalized spacial score (nSPS) is 8.80. The fourth-order valence-corrected chi connectivity index (χ4v) is 1.02. The first-order valence-corrected chi connectivity index (χ1v) is 3.52. The molecule has 0 atom stereocenters. The van der Waals surface area contributed by atoms with Gasteiger partial charge in [0.1, 0.15) is 0 Å². The fraction of sp³-hybridized carbons (Fsp3) is 0. The van der Waals surface area contributed by atoms with Crippen LogP contribution in [0.15, 0.2) is 24.3 Å². The van der Waals surface area contributed by atoms with Crippen LogP contribution in [0.1, 0.15) is 5.56 Å². The Hall–Kier alpha value is -0.778. The predicted octanol–water partition coefficient (Wildman–Crippen LogP) is 1.18. The summed E-state index contributed by atoms with van der Waals surface area (Å²) >= 11 is 2.40.